The second kappa shape index (κ2) is 7.95. The number of hydrogen-bond acceptors (Lipinski definition) is 2. The summed E-state index contributed by atoms with van der Waals surface area (Å²) in [6.45, 7) is 8.14. The molecule has 0 aromatic heterocycles. The second-order valence-electron chi connectivity index (χ2n) is 6.47. The van der Waals surface area contributed by atoms with Crippen molar-refractivity contribution in [3.8, 4) is 0 Å². The highest BCUT2D eigenvalue weighted by atomic mass is 15.2. The third-order valence-electron chi connectivity index (χ3n) is 5.41. The monoisotopic (exact) mass is 288 g/mol. The van der Waals surface area contributed by atoms with Gasteiger partial charge >= 0.3 is 0 Å². The lowest BCUT2D eigenvalue weighted by Crippen LogP contribution is -2.54. The van der Waals surface area contributed by atoms with E-state index < -0.39 is 0 Å². The van der Waals surface area contributed by atoms with Gasteiger partial charge in [0, 0.05) is 18.1 Å². The van der Waals surface area contributed by atoms with Crippen LogP contribution in [0.15, 0.2) is 30.3 Å². The Bertz CT molecular complexity index is 403. The van der Waals surface area contributed by atoms with E-state index in [2.05, 4.69) is 68.4 Å². The highest BCUT2D eigenvalue weighted by Crippen LogP contribution is 2.36. The van der Waals surface area contributed by atoms with Crippen molar-refractivity contribution in [3.63, 3.8) is 0 Å². The van der Waals surface area contributed by atoms with Crippen LogP contribution >= 0.6 is 0 Å². The van der Waals surface area contributed by atoms with Crippen LogP contribution in [0.5, 0.6) is 0 Å². The first-order valence-electron chi connectivity index (χ1n) is 8.69. The Balaban J connectivity index is 2.15. The molecule has 1 fully saturated rings. The van der Waals surface area contributed by atoms with Crippen LogP contribution in [0.2, 0.25) is 0 Å². The highest BCUT2D eigenvalue weighted by Gasteiger charge is 2.34. The van der Waals surface area contributed by atoms with E-state index in [4.69, 9.17) is 0 Å². The Hall–Kier alpha value is -0.860. The van der Waals surface area contributed by atoms with Crippen molar-refractivity contribution in [2.45, 2.75) is 70.5 Å². The summed E-state index contributed by atoms with van der Waals surface area (Å²) in [6, 6.07) is 13.1. The van der Waals surface area contributed by atoms with E-state index in [9.17, 15) is 0 Å². The maximum Gasteiger partial charge on any atom is 0.0257 e. The maximum absolute atomic E-state index is 3.58. The van der Waals surface area contributed by atoms with Crippen molar-refractivity contribution in [2.24, 2.45) is 0 Å². The SMILES string of the molecule is CCC(C)N(CC)C1CC(c2ccccc2)CCC1NC. The van der Waals surface area contributed by atoms with Crippen LogP contribution in [0.1, 0.15) is 57.9 Å². The molecule has 1 aliphatic rings. The van der Waals surface area contributed by atoms with Crippen molar-refractivity contribution in [1.29, 1.82) is 0 Å². The van der Waals surface area contributed by atoms with Crippen LogP contribution in [0, 0.1) is 0 Å². The van der Waals surface area contributed by atoms with E-state index in [1.165, 1.54) is 31.2 Å². The molecular weight excluding hydrogens is 256 g/mol. The van der Waals surface area contributed by atoms with Crippen LogP contribution in [0.4, 0.5) is 0 Å². The molecule has 0 radical (unpaired) electrons. The summed E-state index contributed by atoms with van der Waals surface area (Å²) in [4.78, 5) is 2.72. The molecule has 1 N–H and O–H groups in total. The Morgan fingerprint density at radius 1 is 1.19 bits per heavy atom. The molecule has 2 rings (SSSR count). The maximum atomic E-state index is 3.58. The summed E-state index contributed by atoms with van der Waals surface area (Å²) in [5.74, 6) is 0.721. The zero-order valence-electron chi connectivity index (χ0n) is 14.2. The first-order chi connectivity index (χ1) is 10.2. The number of hydrogen-bond donors (Lipinski definition) is 1. The average molecular weight is 288 g/mol. The molecule has 0 heterocycles. The molecule has 0 spiro atoms. The first kappa shape index (κ1) is 16.5. The van der Waals surface area contributed by atoms with E-state index >= 15 is 0 Å². The normalized spacial score (nSPS) is 27.8. The minimum Gasteiger partial charge on any atom is -0.315 e. The molecule has 0 amide bonds. The Morgan fingerprint density at radius 2 is 1.90 bits per heavy atom. The predicted octanol–water partition coefficient (Wildman–Crippen LogP) is 4.03. The Morgan fingerprint density at radius 3 is 2.48 bits per heavy atom. The lowest BCUT2D eigenvalue weighted by molar-refractivity contribution is 0.0839. The molecule has 2 nitrogen and oxygen atoms in total. The fraction of sp³-hybridized carbons (Fsp3) is 0.684. The molecule has 1 saturated carbocycles. The van der Waals surface area contributed by atoms with E-state index in [0.717, 1.165) is 12.5 Å². The van der Waals surface area contributed by atoms with Gasteiger partial charge in [0.05, 0.1) is 0 Å². The standard InChI is InChI=1S/C19H32N2/c1-5-15(3)21(6-2)19-14-17(12-13-18(19)20-4)16-10-8-7-9-11-16/h7-11,15,17-20H,5-6,12-14H2,1-4H3. The van der Waals surface area contributed by atoms with Crippen molar-refractivity contribution >= 4 is 0 Å². The zero-order chi connectivity index (χ0) is 15.2. The average Bonchev–Trinajstić information content (AvgIpc) is 2.56. The van der Waals surface area contributed by atoms with Gasteiger partial charge in [0.1, 0.15) is 0 Å². The van der Waals surface area contributed by atoms with E-state index in [1.54, 1.807) is 0 Å². The van der Waals surface area contributed by atoms with Crippen LogP contribution < -0.4 is 5.32 Å². The van der Waals surface area contributed by atoms with Gasteiger partial charge in [-0.25, -0.2) is 0 Å². The van der Waals surface area contributed by atoms with Gasteiger partial charge < -0.3 is 5.32 Å². The zero-order valence-corrected chi connectivity index (χ0v) is 14.2. The molecule has 0 saturated heterocycles. The first-order valence-corrected chi connectivity index (χ1v) is 8.69. The summed E-state index contributed by atoms with van der Waals surface area (Å²) < 4.78 is 0. The van der Waals surface area contributed by atoms with Gasteiger partial charge in [0.2, 0.25) is 0 Å². The van der Waals surface area contributed by atoms with E-state index in [-0.39, 0.29) is 0 Å². The van der Waals surface area contributed by atoms with Crippen LogP contribution in [-0.4, -0.2) is 36.6 Å². The number of likely N-dealkylation sites (N-methyl/N-ethyl adjacent to an activating group) is 2. The summed E-state index contributed by atoms with van der Waals surface area (Å²) in [5, 5.41) is 3.58. The molecule has 21 heavy (non-hydrogen) atoms. The van der Waals surface area contributed by atoms with Crippen LogP contribution in [-0.2, 0) is 0 Å². The molecule has 0 aliphatic heterocycles. The van der Waals surface area contributed by atoms with Gasteiger partial charge in [-0.3, -0.25) is 4.90 Å². The van der Waals surface area contributed by atoms with E-state index in [0.29, 0.717) is 18.1 Å². The molecule has 4 unspecified atom stereocenters. The van der Waals surface area contributed by atoms with Gasteiger partial charge in [-0.2, -0.15) is 0 Å². The Kier molecular flexibility index (Phi) is 6.25. The van der Waals surface area contributed by atoms with Gasteiger partial charge in [-0.05, 0) is 57.7 Å². The predicted molar refractivity (Wildman–Crippen MR) is 91.8 cm³/mol. The molecule has 4 atom stereocenters. The van der Waals surface area contributed by atoms with Crippen LogP contribution in [0.3, 0.4) is 0 Å². The van der Waals surface area contributed by atoms with Gasteiger partial charge in [-0.1, -0.05) is 44.2 Å². The number of rotatable bonds is 6. The van der Waals surface area contributed by atoms with E-state index in [1.807, 2.05) is 0 Å². The molecular formula is C19H32N2. The molecule has 0 bridgehead atoms. The van der Waals surface area contributed by atoms with Crippen molar-refractivity contribution in [1.82, 2.24) is 10.2 Å². The molecule has 2 heteroatoms. The molecule has 1 aliphatic carbocycles. The number of benzene rings is 1. The lowest BCUT2D eigenvalue weighted by Gasteiger charge is -2.45. The van der Waals surface area contributed by atoms with Crippen molar-refractivity contribution in [3.05, 3.63) is 35.9 Å². The fourth-order valence-electron chi connectivity index (χ4n) is 3.99. The smallest absolute Gasteiger partial charge is 0.0257 e. The minimum atomic E-state index is 0.638. The largest absolute Gasteiger partial charge is 0.315 e. The topological polar surface area (TPSA) is 15.3 Å². The van der Waals surface area contributed by atoms with Gasteiger partial charge in [0.25, 0.3) is 0 Å². The van der Waals surface area contributed by atoms with Crippen molar-refractivity contribution in [2.75, 3.05) is 13.6 Å². The summed E-state index contributed by atoms with van der Waals surface area (Å²) in [7, 11) is 2.13. The molecule has 118 valence electrons. The second-order valence-corrected chi connectivity index (χ2v) is 6.47. The summed E-state index contributed by atoms with van der Waals surface area (Å²) >= 11 is 0. The summed E-state index contributed by atoms with van der Waals surface area (Å²) in [6.07, 6.45) is 5.11. The van der Waals surface area contributed by atoms with Crippen molar-refractivity contribution < 1.29 is 0 Å². The van der Waals surface area contributed by atoms with Crippen LogP contribution in [0.25, 0.3) is 0 Å². The summed E-state index contributed by atoms with van der Waals surface area (Å²) in [5.41, 5.74) is 1.53. The molecule has 1 aromatic rings. The molecule has 1 aromatic carbocycles. The highest BCUT2D eigenvalue weighted by molar-refractivity contribution is 5.21. The minimum absolute atomic E-state index is 0.638. The number of nitrogens with one attached hydrogen (secondary N) is 1. The Labute approximate surface area is 130 Å². The van der Waals surface area contributed by atoms with Gasteiger partial charge in [0.15, 0.2) is 0 Å². The number of nitrogens with zero attached hydrogens (tertiary/aromatic N) is 1. The van der Waals surface area contributed by atoms with Gasteiger partial charge in [-0.15, -0.1) is 0 Å². The fourth-order valence-corrected chi connectivity index (χ4v) is 3.99. The third-order valence-corrected chi connectivity index (χ3v) is 5.41. The lowest BCUT2D eigenvalue weighted by atomic mass is 9.77. The third kappa shape index (κ3) is 3.87. The quantitative estimate of drug-likeness (QED) is 0.850.